The van der Waals surface area contributed by atoms with Gasteiger partial charge in [0, 0.05) is 18.5 Å². The number of carbonyl (C=O) groups is 1. The summed E-state index contributed by atoms with van der Waals surface area (Å²) in [6, 6.07) is 10.7. The number of hydrogen-bond donors (Lipinski definition) is 2. The Morgan fingerprint density at radius 1 is 1.26 bits per heavy atom. The zero-order valence-electron chi connectivity index (χ0n) is 12.2. The standard InChI is InChI=1S/C17H14N4O2/c22-13-5-1-3-11(7-13)14-8-15(23)20-17-16(14)19-10-21(17)12-4-2-6-18-9-12/h1-7,9-10,14,22H,8H2,(H,20,23)/t14-/m1/s1. The zero-order valence-corrected chi connectivity index (χ0v) is 12.2. The summed E-state index contributed by atoms with van der Waals surface area (Å²) in [5, 5.41) is 12.6. The van der Waals surface area contributed by atoms with Crippen molar-refractivity contribution in [1.29, 1.82) is 0 Å². The maximum absolute atomic E-state index is 12.1. The Morgan fingerprint density at radius 2 is 2.17 bits per heavy atom. The molecule has 1 aliphatic rings. The van der Waals surface area contributed by atoms with Crippen molar-refractivity contribution in [2.45, 2.75) is 12.3 Å². The van der Waals surface area contributed by atoms with Crippen LogP contribution in [0.5, 0.6) is 5.75 Å². The zero-order chi connectivity index (χ0) is 15.8. The van der Waals surface area contributed by atoms with Crippen LogP contribution in [0.3, 0.4) is 0 Å². The molecule has 1 atom stereocenters. The fourth-order valence-corrected chi connectivity index (χ4v) is 2.92. The second-order valence-corrected chi connectivity index (χ2v) is 5.46. The molecular formula is C17H14N4O2. The highest BCUT2D eigenvalue weighted by Crippen LogP contribution is 2.37. The predicted octanol–water partition coefficient (Wildman–Crippen LogP) is 2.45. The third-order valence-corrected chi connectivity index (χ3v) is 3.97. The Balaban J connectivity index is 1.83. The first-order chi connectivity index (χ1) is 11.2. The largest absolute Gasteiger partial charge is 0.508 e. The molecule has 3 heterocycles. The lowest BCUT2D eigenvalue weighted by Crippen LogP contribution is -2.24. The summed E-state index contributed by atoms with van der Waals surface area (Å²) in [6.45, 7) is 0. The molecule has 114 valence electrons. The van der Waals surface area contributed by atoms with Crippen LogP contribution in [0.25, 0.3) is 5.69 Å². The van der Waals surface area contributed by atoms with Crippen molar-refractivity contribution in [1.82, 2.24) is 14.5 Å². The van der Waals surface area contributed by atoms with Gasteiger partial charge in [-0.05, 0) is 29.8 Å². The van der Waals surface area contributed by atoms with Crippen LogP contribution in [0, 0.1) is 0 Å². The van der Waals surface area contributed by atoms with Gasteiger partial charge in [-0.3, -0.25) is 14.3 Å². The fourth-order valence-electron chi connectivity index (χ4n) is 2.92. The van der Waals surface area contributed by atoms with Crippen molar-refractivity contribution in [3.63, 3.8) is 0 Å². The van der Waals surface area contributed by atoms with E-state index in [2.05, 4.69) is 15.3 Å². The normalized spacial score (nSPS) is 16.7. The molecule has 0 aliphatic carbocycles. The van der Waals surface area contributed by atoms with Crippen molar-refractivity contribution in [2.75, 3.05) is 5.32 Å². The fraction of sp³-hybridized carbons (Fsp3) is 0.118. The average molecular weight is 306 g/mol. The molecule has 0 fully saturated rings. The Kier molecular flexibility index (Phi) is 3.08. The number of nitrogens with one attached hydrogen (secondary N) is 1. The molecule has 0 saturated heterocycles. The summed E-state index contributed by atoms with van der Waals surface area (Å²) in [5.41, 5.74) is 2.50. The minimum absolute atomic E-state index is 0.0727. The van der Waals surface area contributed by atoms with Gasteiger partial charge in [0.1, 0.15) is 17.9 Å². The molecule has 0 saturated carbocycles. The van der Waals surface area contributed by atoms with E-state index in [9.17, 15) is 9.90 Å². The first-order valence-electron chi connectivity index (χ1n) is 7.29. The van der Waals surface area contributed by atoms with Crippen LogP contribution in [0.1, 0.15) is 23.6 Å². The molecule has 23 heavy (non-hydrogen) atoms. The molecule has 1 aliphatic heterocycles. The highest BCUT2D eigenvalue weighted by atomic mass is 16.3. The number of phenols is 1. The number of aromatic hydroxyl groups is 1. The van der Waals surface area contributed by atoms with E-state index in [-0.39, 0.29) is 17.6 Å². The lowest BCUT2D eigenvalue weighted by atomic mass is 9.90. The van der Waals surface area contributed by atoms with Crippen molar-refractivity contribution < 1.29 is 9.90 Å². The van der Waals surface area contributed by atoms with Crippen LogP contribution in [0.4, 0.5) is 5.82 Å². The van der Waals surface area contributed by atoms with E-state index in [0.717, 1.165) is 16.9 Å². The highest BCUT2D eigenvalue weighted by molar-refractivity contribution is 5.94. The number of anilines is 1. The lowest BCUT2D eigenvalue weighted by molar-refractivity contribution is -0.116. The molecule has 0 bridgehead atoms. The van der Waals surface area contributed by atoms with Gasteiger partial charge in [0.15, 0.2) is 0 Å². The van der Waals surface area contributed by atoms with Crippen LogP contribution in [0.15, 0.2) is 55.1 Å². The van der Waals surface area contributed by atoms with Gasteiger partial charge in [0.05, 0.1) is 17.6 Å². The first kappa shape index (κ1) is 13.5. The number of phenolic OH excluding ortho intramolecular Hbond substituents is 1. The Bertz CT molecular complexity index is 873. The number of hydrogen-bond acceptors (Lipinski definition) is 4. The number of amides is 1. The number of pyridine rings is 1. The number of benzene rings is 1. The molecule has 6 heteroatoms. The van der Waals surface area contributed by atoms with Gasteiger partial charge in [0.25, 0.3) is 0 Å². The molecule has 4 rings (SSSR count). The van der Waals surface area contributed by atoms with Gasteiger partial charge in [-0.15, -0.1) is 0 Å². The predicted molar refractivity (Wildman–Crippen MR) is 84.6 cm³/mol. The summed E-state index contributed by atoms with van der Waals surface area (Å²) in [5.74, 6) is 0.588. The number of imidazole rings is 1. The third kappa shape index (κ3) is 2.34. The topological polar surface area (TPSA) is 80.0 Å². The smallest absolute Gasteiger partial charge is 0.226 e. The van der Waals surface area contributed by atoms with Gasteiger partial charge >= 0.3 is 0 Å². The SMILES string of the molecule is O=C1C[C@H](c2cccc(O)c2)c2ncn(-c3cccnc3)c2N1. The van der Waals surface area contributed by atoms with Gasteiger partial charge in [0.2, 0.25) is 5.91 Å². The molecule has 6 nitrogen and oxygen atoms in total. The maximum Gasteiger partial charge on any atom is 0.226 e. The van der Waals surface area contributed by atoms with E-state index in [1.54, 1.807) is 36.9 Å². The van der Waals surface area contributed by atoms with Crippen LogP contribution in [0.2, 0.25) is 0 Å². The number of rotatable bonds is 2. The summed E-state index contributed by atoms with van der Waals surface area (Å²) >= 11 is 0. The molecule has 3 aromatic rings. The maximum atomic E-state index is 12.1. The van der Waals surface area contributed by atoms with E-state index in [0.29, 0.717) is 12.2 Å². The van der Waals surface area contributed by atoms with Crippen molar-refractivity contribution in [3.05, 3.63) is 66.4 Å². The molecule has 0 spiro atoms. The number of fused-ring (bicyclic) bond motifs is 1. The van der Waals surface area contributed by atoms with Crippen LogP contribution < -0.4 is 5.32 Å². The quantitative estimate of drug-likeness (QED) is 0.762. The van der Waals surface area contributed by atoms with E-state index in [1.165, 1.54) is 0 Å². The Morgan fingerprint density at radius 3 is 2.96 bits per heavy atom. The van der Waals surface area contributed by atoms with Crippen molar-refractivity contribution in [3.8, 4) is 11.4 Å². The molecule has 2 N–H and O–H groups in total. The molecule has 2 aromatic heterocycles. The number of aromatic nitrogens is 3. The monoisotopic (exact) mass is 306 g/mol. The Labute approximate surface area is 132 Å². The van der Waals surface area contributed by atoms with Gasteiger partial charge in [-0.1, -0.05) is 12.1 Å². The number of nitrogens with zero attached hydrogens (tertiary/aromatic N) is 3. The Hall–Kier alpha value is -3.15. The average Bonchev–Trinajstić information content (AvgIpc) is 2.98. The van der Waals surface area contributed by atoms with Crippen molar-refractivity contribution in [2.24, 2.45) is 0 Å². The molecule has 1 amide bonds. The van der Waals surface area contributed by atoms with Crippen LogP contribution >= 0.6 is 0 Å². The second-order valence-electron chi connectivity index (χ2n) is 5.46. The first-order valence-corrected chi connectivity index (χ1v) is 7.29. The highest BCUT2D eigenvalue weighted by Gasteiger charge is 2.31. The van der Waals surface area contributed by atoms with Crippen LogP contribution in [-0.2, 0) is 4.79 Å². The summed E-state index contributed by atoms with van der Waals surface area (Å²) in [6.07, 6.45) is 5.40. The van der Waals surface area contributed by atoms with E-state index >= 15 is 0 Å². The van der Waals surface area contributed by atoms with Crippen LogP contribution in [-0.4, -0.2) is 25.5 Å². The van der Waals surface area contributed by atoms with Gasteiger partial charge in [-0.25, -0.2) is 4.98 Å². The summed E-state index contributed by atoms with van der Waals surface area (Å²) in [4.78, 5) is 20.7. The molecule has 0 radical (unpaired) electrons. The molecular weight excluding hydrogens is 292 g/mol. The number of carbonyl (C=O) groups excluding carboxylic acids is 1. The summed E-state index contributed by atoms with van der Waals surface area (Å²) in [7, 11) is 0. The van der Waals surface area contributed by atoms with E-state index < -0.39 is 0 Å². The molecule has 1 aromatic carbocycles. The minimum Gasteiger partial charge on any atom is -0.508 e. The second kappa shape index (κ2) is 5.24. The van der Waals surface area contributed by atoms with E-state index in [1.807, 2.05) is 22.8 Å². The minimum atomic E-state index is -0.177. The van der Waals surface area contributed by atoms with Gasteiger partial charge in [-0.2, -0.15) is 0 Å². The van der Waals surface area contributed by atoms with E-state index in [4.69, 9.17) is 0 Å². The summed E-state index contributed by atoms with van der Waals surface area (Å²) < 4.78 is 1.81. The molecule has 0 unspecified atom stereocenters. The third-order valence-electron chi connectivity index (χ3n) is 3.97. The van der Waals surface area contributed by atoms with Gasteiger partial charge < -0.3 is 10.4 Å². The van der Waals surface area contributed by atoms with Crippen molar-refractivity contribution >= 4 is 11.7 Å². The lowest BCUT2D eigenvalue weighted by Gasteiger charge is -2.23.